The van der Waals surface area contributed by atoms with E-state index in [-0.39, 0.29) is 0 Å². The Morgan fingerprint density at radius 1 is 0.871 bits per heavy atom. The second-order valence-corrected chi connectivity index (χ2v) is 13.7. The van der Waals surface area contributed by atoms with Crippen molar-refractivity contribution in [2.75, 3.05) is 12.4 Å². The molecule has 0 spiro atoms. The molecule has 4 rings (SSSR count). The molecule has 0 heterocycles. The van der Waals surface area contributed by atoms with Crippen molar-refractivity contribution < 1.29 is 0 Å². The highest BCUT2D eigenvalue weighted by molar-refractivity contribution is 6.18. The van der Waals surface area contributed by atoms with Crippen molar-refractivity contribution in [2.24, 2.45) is 52.3 Å². The molecule has 9 atom stereocenters. The zero-order valence-corrected chi connectivity index (χ0v) is 22.2. The van der Waals surface area contributed by atoms with Crippen LogP contribution in [-0.2, 0) is 0 Å². The molecule has 1 nitrogen and oxygen atoms in total. The van der Waals surface area contributed by atoms with Crippen molar-refractivity contribution in [2.45, 2.75) is 118 Å². The third kappa shape index (κ3) is 4.62. The van der Waals surface area contributed by atoms with E-state index in [1.807, 2.05) is 0 Å². The molecule has 4 aliphatic rings. The van der Waals surface area contributed by atoms with Gasteiger partial charge in [0, 0.05) is 18.5 Å². The number of hydrogen-bond acceptors (Lipinski definition) is 1. The number of hydrogen-bond donors (Lipinski definition) is 1. The van der Waals surface area contributed by atoms with E-state index in [0.29, 0.717) is 10.8 Å². The van der Waals surface area contributed by atoms with Gasteiger partial charge in [-0.1, -0.05) is 53.9 Å². The van der Waals surface area contributed by atoms with Crippen molar-refractivity contribution in [3.8, 4) is 0 Å². The molecule has 31 heavy (non-hydrogen) atoms. The van der Waals surface area contributed by atoms with Crippen LogP contribution in [0.15, 0.2) is 0 Å². The summed E-state index contributed by atoms with van der Waals surface area (Å²) < 4.78 is 0. The van der Waals surface area contributed by atoms with Crippen LogP contribution in [0.4, 0.5) is 0 Å². The Bertz CT molecular complexity index is 589. The lowest BCUT2D eigenvalue weighted by Crippen LogP contribution is -2.55. The van der Waals surface area contributed by atoms with Gasteiger partial charge in [0.25, 0.3) is 0 Å². The number of halogens is 1. The predicted molar refractivity (Wildman–Crippen MR) is 136 cm³/mol. The Hall–Kier alpha value is 0.250. The third-order valence-corrected chi connectivity index (χ3v) is 11.6. The summed E-state index contributed by atoms with van der Waals surface area (Å²) in [6.07, 6.45) is 17.7. The van der Waals surface area contributed by atoms with Crippen LogP contribution < -0.4 is 5.32 Å². The van der Waals surface area contributed by atoms with Gasteiger partial charge in [-0.05, 0) is 110 Å². The lowest BCUT2D eigenvalue weighted by atomic mass is 9.44. The topological polar surface area (TPSA) is 12.0 Å². The van der Waals surface area contributed by atoms with E-state index in [4.69, 9.17) is 11.6 Å². The number of fused-ring (bicyclic) bond motifs is 5. The van der Waals surface area contributed by atoms with E-state index >= 15 is 0 Å². The van der Waals surface area contributed by atoms with Crippen LogP contribution in [0.3, 0.4) is 0 Å². The minimum Gasteiger partial charge on any atom is -0.313 e. The lowest BCUT2D eigenvalue weighted by Gasteiger charge is -2.61. The Morgan fingerprint density at radius 2 is 1.61 bits per heavy atom. The van der Waals surface area contributed by atoms with Gasteiger partial charge in [-0.15, -0.1) is 11.6 Å². The molecule has 0 aromatic rings. The highest BCUT2D eigenvalue weighted by atomic mass is 35.5. The van der Waals surface area contributed by atoms with Crippen molar-refractivity contribution >= 4 is 11.6 Å². The largest absolute Gasteiger partial charge is 0.313 e. The Morgan fingerprint density at radius 3 is 2.35 bits per heavy atom. The highest BCUT2D eigenvalue weighted by Crippen LogP contribution is 2.68. The standard InChI is InChI=1S/C29H52ClN/c1-20(2)7-6-8-21(3)25-11-12-26-24-10-9-22-19-23(31-18-17-30)13-15-28(22,4)27(24)14-16-29(25,26)5/h20-27,31H,6-19H2,1-5H3/t21-,22+,23-,24-,25+,26-,27-,28-,29+/m0/s1. The van der Waals surface area contributed by atoms with E-state index in [1.54, 1.807) is 0 Å². The van der Waals surface area contributed by atoms with Crippen LogP contribution in [0.5, 0.6) is 0 Å². The van der Waals surface area contributed by atoms with Crippen LogP contribution in [0.1, 0.15) is 112 Å². The van der Waals surface area contributed by atoms with E-state index in [2.05, 4.69) is 39.9 Å². The Kier molecular flexibility index (Phi) is 7.75. The third-order valence-electron chi connectivity index (χ3n) is 11.4. The van der Waals surface area contributed by atoms with Gasteiger partial charge in [-0.3, -0.25) is 0 Å². The fraction of sp³-hybridized carbons (Fsp3) is 1.00. The predicted octanol–water partition coefficient (Wildman–Crippen LogP) is 8.30. The van der Waals surface area contributed by atoms with Gasteiger partial charge in [-0.25, -0.2) is 0 Å². The maximum atomic E-state index is 5.95. The van der Waals surface area contributed by atoms with Crippen LogP contribution >= 0.6 is 11.6 Å². The molecular formula is C29H52ClN. The van der Waals surface area contributed by atoms with E-state index in [0.717, 1.165) is 59.9 Å². The molecule has 0 aromatic carbocycles. The molecule has 0 unspecified atom stereocenters. The summed E-state index contributed by atoms with van der Waals surface area (Å²) in [5.41, 5.74) is 1.26. The summed E-state index contributed by atoms with van der Waals surface area (Å²) in [4.78, 5) is 0. The molecule has 1 N–H and O–H groups in total. The first kappa shape index (κ1) is 24.4. The summed E-state index contributed by atoms with van der Waals surface area (Å²) in [7, 11) is 0. The summed E-state index contributed by atoms with van der Waals surface area (Å²) in [6.45, 7) is 13.8. The minimum absolute atomic E-state index is 0.615. The van der Waals surface area contributed by atoms with Gasteiger partial charge >= 0.3 is 0 Å². The molecular weight excluding hydrogens is 398 g/mol. The molecule has 180 valence electrons. The fourth-order valence-corrected chi connectivity index (χ4v) is 9.84. The molecule has 4 fully saturated rings. The average molecular weight is 450 g/mol. The fourth-order valence-electron chi connectivity index (χ4n) is 9.73. The van der Waals surface area contributed by atoms with Crippen LogP contribution in [0.25, 0.3) is 0 Å². The lowest BCUT2D eigenvalue weighted by molar-refractivity contribution is -0.117. The van der Waals surface area contributed by atoms with Crippen molar-refractivity contribution in [3.63, 3.8) is 0 Å². The number of alkyl halides is 1. The molecule has 0 aliphatic heterocycles. The molecule has 0 radical (unpaired) electrons. The average Bonchev–Trinajstić information content (AvgIpc) is 3.09. The smallest absolute Gasteiger partial charge is 0.0348 e. The summed E-state index contributed by atoms with van der Waals surface area (Å²) in [6, 6.07) is 0.727. The zero-order chi connectivity index (χ0) is 22.2. The summed E-state index contributed by atoms with van der Waals surface area (Å²) in [5.74, 6) is 7.55. The maximum Gasteiger partial charge on any atom is 0.0348 e. The molecule has 0 bridgehead atoms. The van der Waals surface area contributed by atoms with E-state index < -0.39 is 0 Å². The second-order valence-electron chi connectivity index (χ2n) is 13.3. The first-order chi connectivity index (χ1) is 14.8. The van der Waals surface area contributed by atoms with Crippen LogP contribution in [-0.4, -0.2) is 18.5 Å². The molecule has 4 saturated carbocycles. The molecule has 0 saturated heterocycles. The van der Waals surface area contributed by atoms with Gasteiger partial charge in [-0.2, -0.15) is 0 Å². The van der Waals surface area contributed by atoms with Crippen LogP contribution in [0, 0.1) is 52.3 Å². The monoisotopic (exact) mass is 449 g/mol. The first-order valence-electron chi connectivity index (χ1n) is 14.1. The van der Waals surface area contributed by atoms with Gasteiger partial charge < -0.3 is 5.32 Å². The number of rotatable bonds is 8. The van der Waals surface area contributed by atoms with Gasteiger partial charge in [0.2, 0.25) is 0 Å². The quantitative estimate of drug-likeness (QED) is 0.367. The molecule has 2 heteroatoms. The SMILES string of the molecule is CC(C)CCC[C@H](C)[C@H]1CC[C@H]2[C@@H]3CC[C@@H]4C[C@@H](NCCCl)CC[C@]4(C)[C@H]3CC[C@]12C. The van der Waals surface area contributed by atoms with E-state index in [1.165, 1.54) is 77.0 Å². The summed E-state index contributed by atoms with van der Waals surface area (Å²) >= 11 is 5.95. The maximum absolute atomic E-state index is 5.95. The Balaban J connectivity index is 1.41. The van der Waals surface area contributed by atoms with Crippen molar-refractivity contribution in [1.29, 1.82) is 0 Å². The van der Waals surface area contributed by atoms with Crippen molar-refractivity contribution in [1.82, 2.24) is 5.32 Å². The zero-order valence-electron chi connectivity index (χ0n) is 21.4. The Labute approximate surface area is 199 Å². The molecule has 4 aliphatic carbocycles. The van der Waals surface area contributed by atoms with Gasteiger partial charge in [0.1, 0.15) is 0 Å². The first-order valence-corrected chi connectivity index (χ1v) is 14.6. The molecule has 0 aromatic heterocycles. The van der Waals surface area contributed by atoms with Gasteiger partial charge in [0.05, 0.1) is 0 Å². The highest BCUT2D eigenvalue weighted by Gasteiger charge is 2.60. The molecule has 0 amide bonds. The van der Waals surface area contributed by atoms with Crippen LogP contribution in [0.2, 0.25) is 0 Å². The van der Waals surface area contributed by atoms with Gasteiger partial charge in [0.15, 0.2) is 0 Å². The van der Waals surface area contributed by atoms with E-state index in [9.17, 15) is 0 Å². The minimum atomic E-state index is 0.615. The second kappa shape index (κ2) is 9.85. The number of nitrogens with one attached hydrogen (secondary N) is 1. The normalized spacial score (nSPS) is 45.8. The van der Waals surface area contributed by atoms with Crippen molar-refractivity contribution in [3.05, 3.63) is 0 Å². The summed E-state index contributed by atoms with van der Waals surface area (Å²) in [5, 5.41) is 3.75.